The Balaban J connectivity index is 1.71. The number of pyridine rings is 1. The zero-order valence-electron chi connectivity index (χ0n) is 18.9. The van der Waals surface area contributed by atoms with E-state index in [-0.39, 0.29) is 11.3 Å². The number of hydrogen-bond donors (Lipinski definition) is 2. The summed E-state index contributed by atoms with van der Waals surface area (Å²) < 4.78 is 0. The van der Waals surface area contributed by atoms with Gasteiger partial charge < -0.3 is 20.1 Å². The summed E-state index contributed by atoms with van der Waals surface area (Å²) in [6, 6.07) is 12.2. The first-order chi connectivity index (χ1) is 14.2. The lowest BCUT2D eigenvalue weighted by Gasteiger charge is -2.35. The second-order valence-corrected chi connectivity index (χ2v) is 9.10. The largest absolute Gasteiger partial charge is 0.380 e. The Morgan fingerprint density at radius 2 is 1.87 bits per heavy atom. The van der Waals surface area contributed by atoms with Gasteiger partial charge in [-0.2, -0.15) is 0 Å². The van der Waals surface area contributed by atoms with Crippen molar-refractivity contribution in [1.82, 2.24) is 14.9 Å². The van der Waals surface area contributed by atoms with Crippen LogP contribution in [0.1, 0.15) is 38.1 Å². The molecule has 0 aliphatic heterocycles. The molecule has 0 spiro atoms. The van der Waals surface area contributed by atoms with Crippen LogP contribution in [-0.4, -0.2) is 54.0 Å². The van der Waals surface area contributed by atoms with Crippen molar-refractivity contribution in [2.24, 2.45) is 5.41 Å². The van der Waals surface area contributed by atoms with Gasteiger partial charge in [-0.3, -0.25) is 4.79 Å². The van der Waals surface area contributed by atoms with Crippen molar-refractivity contribution in [1.29, 1.82) is 0 Å². The molecule has 6 nitrogen and oxygen atoms in total. The summed E-state index contributed by atoms with van der Waals surface area (Å²) >= 11 is 0. The Bertz CT molecular complexity index is 1010. The number of aromatic nitrogens is 2. The summed E-state index contributed by atoms with van der Waals surface area (Å²) in [4.78, 5) is 24.8. The van der Waals surface area contributed by atoms with Crippen molar-refractivity contribution >= 4 is 28.3 Å². The molecule has 30 heavy (non-hydrogen) atoms. The van der Waals surface area contributed by atoms with E-state index in [0.717, 1.165) is 29.0 Å². The zero-order chi connectivity index (χ0) is 21.9. The molecule has 2 heterocycles. The summed E-state index contributed by atoms with van der Waals surface area (Å²) in [6.07, 6.45) is 3.62. The summed E-state index contributed by atoms with van der Waals surface area (Å²) in [5.74, 6) is 0.952. The maximum Gasteiger partial charge on any atom is 0.255 e. The molecule has 1 aromatic carbocycles. The molecule has 160 valence electrons. The number of amides is 1. The van der Waals surface area contributed by atoms with Crippen LogP contribution in [0.15, 0.2) is 48.8 Å². The molecule has 2 N–H and O–H groups in total. The second-order valence-electron chi connectivity index (χ2n) is 9.10. The van der Waals surface area contributed by atoms with Crippen LogP contribution in [0.2, 0.25) is 0 Å². The van der Waals surface area contributed by atoms with Crippen molar-refractivity contribution < 1.29 is 4.79 Å². The fraction of sp³-hybridized carbons (Fsp3) is 0.417. The molecule has 0 aliphatic carbocycles. The Morgan fingerprint density at radius 1 is 1.13 bits per heavy atom. The first-order valence-corrected chi connectivity index (χ1v) is 10.4. The van der Waals surface area contributed by atoms with Crippen molar-refractivity contribution in [3.63, 3.8) is 0 Å². The molecule has 6 heteroatoms. The molecule has 0 fully saturated rings. The van der Waals surface area contributed by atoms with Gasteiger partial charge >= 0.3 is 0 Å². The third-order valence-electron chi connectivity index (χ3n) is 5.09. The number of rotatable bonds is 8. The van der Waals surface area contributed by atoms with Crippen LogP contribution in [-0.2, 0) is 0 Å². The number of nitrogens with zero attached hydrogens (tertiary/aromatic N) is 3. The maximum absolute atomic E-state index is 13.1. The maximum atomic E-state index is 13.1. The van der Waals surface area contributed by atoms with Gasteiger partial charge in [0.25, 0.3) is 5.91 Å². The molecule has 3 rings (SSSR count). The van der Waals surface area contributed by atoms with Crippen molar-refractivity contribution in [3.05, 3.63) is 54.4 Å². The molecule has 2 aromatic heterocycles. The summed E-state index contributed by atoms with van der Waals surface area (Å²) in [5, 5.41) is 4.42. The number of H-pyrrole nitrogens is 1. The summed E-state index contributed by atoms with van der Waals surface area (Å²) in [7, 11) is 3.93. The molecule has 0 radical (unpaired) electrons. The predicted octanol–water partition coefficient (Wildman–Crippen LogP) is 4.62. The Hall–Kier alpha value is -3.02. The second kappa shape index (κ2) is 8.78. The van der Waals surface area contributed by atoms with E-state index in [0.29, 0.717) is 18.2 Å². The van der Waals surface area contributed by atoms with Crippen LogP contribution >= 0.6 is 0 Å². The zero-order valence-corrected chi connectivity index (χ0v) is 18.9. The van der Waals surface area contributed by atoms with E-state index in [1.54, 1.807) is 6.20 Å². The van der Waals surface area contributed by atoms with Gasteiger partial charge in [0.15, 0.2) is 5.82 Å². The minimum absolute atomic E-state index is 0.0307. The van der Waals surface area contributed by atoms with Gasteiger partial charge in [0.05, 0.1) is 11.3 Å². The quantitative estimate of drug-likeness (QED) is 0.572. The summed E-state index contributed by atoms with van der Waals surface area (Å²) in [6.45, 7) is 10.00. The van der Waals surface area contributed by atoms with Crippen molar-refractivity contribution in [2.45, 2.75) is 33.7 Å². The Kier molecular flexibility index (Phi) is 6.34. The highest BCUT2D eigenvalue weighted by Gasteiger charge is 2.27. The number of para-hydroxylation sites is 1. The number of carbonyl (C=O) groups is 1. The van der Waals surface area contributed by atoms with Gasteiger partial charge in [-0.05, 0) is 37.5 Å². The highest BCUT2D eigenvalue weighted by atomic mass is 16.2. The van der Waals surface area contributed by atoms with E-state index >= 15 is 0 Å². The monoisotopic (exact) mass is 407 g/mol. The SMILES string of the molecule is CC(C)Nc1cccnc1N(C)CC(C)(C)CN(C)C(=O)c1c[nH]c2ccccc12. The van der Waals surface area contributed by atoms with Gasteiger partial charge in [-0.1, -0.05) is 32.0 Å². The number of hydrogen-bond acceptors (Lipinski definition) is 4. The number of benzene rings is 1. The standard InChI is InChI=1S/C24H33N5O/c1-17(2)27-21-12-9-13-25-22(21)28(5)15-24(3,4)16-29(6)23(30)19-14-26-20-11-8-7-10-18(19)20/h7-14,17,26-27H,15-16H2,1-6H3. The van der Waals surface area contributed by atoms with Crippen molar-refractivity contribution in [3.8, 4) is 0 Å². The molecule has 0 bridgehead atoms. The third-order valence-corrected chi connectivity index (χ3v) is 5.09. The van der Waals surface area contributed by atoms with E-state index in [9.17, 15) is 4.79 Å². The smallest absolute Gasteiger partial charge is 0.255 e. The lowest BCUT2D eigenvalue weighted by molar-refractivity contribution is 0.0741. The highest BCUT2D eigenvalue weighted by molar-refractivity contribution is 6.06. The van der Waals surface area contributed by atoms with E-state index in [2.05, 4.69) is 61.0 Å². The van der Waals surface area contributed by atoms with Crippen molar-refractivity contribution in [2.75, 3.05) is 37.4 Å². The first kappa shape index (κ1) is 21.7. The number of nitrogens with one attached hydrogen (secondary N) is 2. The van der Waals surface area contributed by atoms with Crippen LogP contribution in [0.4, 0.5) is 11.5 Å². The number of aromatic amines is 1. The number of fused-ring (bicyclic) bond motifs is 1. The summed E-state index contributed by atoms with van der Waals surface area (Å²) in [5.41, 5.74) is 2.59. The number of anilines is 2. The molecule has 3 aromatic rings. The number of carbonyl (C=O) groups excluding carboxylic acids is 1. The van der Waals surface area contributed by atoms with E-state index in [1.807, 2.05) is 48.5 Å². The van der Waals surface area contributed by atoms with Gasteiger partial charge in [-0.15, -0.1) is 0 Å². The lowest BCUT2D eigenvalue weighted by atomic mass is 9.91. The van der Waals surface area contributed by atoms with Gasteiger partial charge in [0.1, 0.15) is 0 Å². The Morgan fingerprint density at radius 3 is 2.60 bits per heavy atom. The molecule has 0 unspecified atom stereocenters. The van der Waals surface area contributed by atoms with Gasteiger partial charge in [0.2, 0.25) is 0 Å². The van der Waals surface area contributed by atoms with Crippen LogP contribution in [0, 0.1) is 5.41 Å². The Labute approximate surface area is 179 Å². The molecular formula is C24H33N5O. The van der Waals surface area contributed by atoms with Crippen LogP contribution < -0.4 is 10.2 Å². The van der Waals surface area contributed by atoms with Crippen LogP contribution in [0.3, 0.4) is 0 Å². The van der Waals surface area contributed by atoms with Gasteiger partial charge in [-0.25, -0.2) is 4.98 Å². The highest BCUT2D eigenvalue weighted by Crippen LogP contribution is 2.27. The van der Waals surface area contributed by atoms with Gasteiger partial charge in [0, 0.05) is 56.5 Å². The fourth-order valence-electron chi connectivity index (χ4n) is 4.06. The molecule has 0 saturated heterocycles. The molecular weight excluding hydrogens is 374 g/mol. The topological polar surface area (TPSA) is 64.3 Å². The molecule has 0 aliphatic rings. The van der Waals surface area contributed by atoms with Crippen LogP contribution in [0.5, 0.6) is 0 Å². The first-order valence-electron chi connectivity index (χ1n) is 10.4. The third kappa shape index (κ3) is 4.93. The normalized spacial score (nSPS) is 11.7. The fourth-order valence-corrected chi connectivity index (χ4v) is 4.06. The lowest BCUT2D eigenvalue weighted by Crippen LogP contribution is -2.42. The van der Waals surface area contributed by atoms with E-state index < -0.39 is 0 Å². The minimum Gasteiger partial charge on any atom is -0.380 e. The predicted molar refractivity (Wildman–Crippen MR) is 125 cm³/mol. The minimum atomic E-state index is -0.127. The molecule has 0 saturated carbocycles. The van der Waals surface area contributed by atoms with E-state index in [1.165, 1.54) is 0 Å². The average Bonchev–Trinajstić information content (AvgIpc) is 3.10. The van der Waals surface area contributed by atoms with Crippen LogP contribution in [0.25, 0.3) is 10.9 Å². The molecule has 1 amide bonds. The van der Waals surface area contributed by atoms with E-state index in [4.69, 9.17) is 0 Å². The average molecular weight is 408 g/mol. The molecule has 0 atom stereocenters.